The summed E-state index contributed by atoms with van der Waals surface area (Å²) >= 11 is 0. The van der Waals surface area contributed by atoms with Crippen molar-refractivity contribution >= 4 is 5.69 Å². The van der Waals surface area contributed by atoms with Gasteiger partial charge in [-0.25, -0.2) is 0 Å². The molecule has 0 amide bonds. The van der Waals surface area contributed by atoms with Crippen LogP contribution >= 0.6 is 0 Å². The van der Waals surface area contributed by atoms with E-state index in [0.29, 0.717) is 5.92 Å². The third-order valence-corrected chi connectivity index (χ3v) is 4.33. The normalized spacial score (nSPS) is 27.2. The molecule has 98 valence electrons. The lowest BCUT2D eigenvalue weighted by Gasteiger charge is -2.35. The van der Waals surface area contributed by atoms with Crippen molar-refractivity contribution in [1.29, 1.82) is 0 Å². The van der Waals surface area contributed by atoms with E-state index < -0.39 is 0 Å². The van der Waals surface area contributed by atoms with E-state index in [9.17, 15) is 0 Å². The van der Waals surface area contributed by atoms with Gasteiger partial charge in [-0.3, -0.25) is 0 Å². The molecule has 0 saturated carbocycles. The van der Waals surface area contributed by atoms with Gasteiger partial charge >= 0.3 is 0 Å². The zero-order valence-electron chi connectivity index (χ0n) is 11.0. The molecule has 2 atom stereocenters. The summed E-state index contributed by atoms with van der Waals surface area (Å²) in [6.07, 6.45) is 3.91. The number of nitrogens with one attached hydrogen (secondary N) is 2. The average Bonchev–Trinajstić information content (AvgIpc) is 2.47. The zero-order chi connectivity index (χ0) is 12.4. The van der Waals surface area contributed by atoms with E-state index in [1.54, 1.807) is 7.11 Å². The summed E-state index contributed by atoms with van der Waals surface area (Å²) < 4.78 is 5.37. The smallest absolute Gasteiger partial charge is 0.119 e. The van der Waals surface area contributed by atoms with Crippen molar-refractivity contribution in [2.45, 2.75) is 25.2 Å². The molecule has 0 aromatic heterocycles. The Hall–Kier alpha value is -1.22. The molecule has 1 aromatic rings. The molecule has 3 nitrogen and oxygen atoms in total. The quantitative estimate of drug-likeness (QED) is 0.841. The van der Waals surface area contributed by atoms with Gasteiger partial charge in [0.25, 0.3) is 0 Å². The van der Waals surface area contributed by atoms with E-state index in [0.717, 1.165) is 18.2 Å². The second-order valence-corrected chi connectivity index (χ2v) is 5.38. The maximum atomic E-state index is 5.37. The van der Waals surface area contributed by atoms with Crippen molar-refractivity contribution in [2.24, 2.45) is 5.92 Å². The highest BCUT2D eigenvalue weighted by Crippen LogP contribution is 2.40. The van der Waals surface area contributed by atoms with Gasteiger partial charge in [0, 0.05) is 12.2 Å². The van der Waals surface area contributed by atoms with E-state index in [1.807, 2.05) is 6.07 Å². The highest BCUT2D eigenvalue weighted by Gasteiger charge is 2.29. The number of rotatable bonds is 2. The van der Waals surface area contributed by atoms with Crippen molar-refractivity contribution in [1.82, 2.24) is 5.32 Å². The van der Waals surface area contributed by atoms with E-state index in [-0.39, 0.29) is 0 Å². The molecule has 0 aliphatic carbocycles. The van der Waals surface area contributed by atoms with Crippen LogP contribution in [-0.4, -0.2) is 26.7 Å². The van der Waals surface area contributed by atoms with Crippen molar-refractivity contribution in [2.75, 3.05) is 32.1 Å². The number of fused-ring (bicyclic) bond motifs is 1. The highest BCUT2D eigenvalue weighted by molar-refractivity contribution is 5.57. The minimum absolute atomic E-state index is 0.684. The predicted molar refractivity (Wildman–Crippen MR) is 74.4 cm³/mol. The molecular weight excluding hydrogens is 224 g/mol. The van der Waals surface area contributed by atoms with E-state index >= 15 is 0 Å². The van der Waals surface area contributed by atoms with Gasteiger partial charge in [0.05, 0.1) is 7.11 Å². The monoisotopic (exact) mass is 246 g/mol. The standard InChI is InChI=1S/C15H22N2O/c1-18-12-4-5-15-14(9-12)13(6-8-17-15)11-3-2-7-16-10-11/h4-5,9,11,13,16-17H,2-3,6-8,10H2,1H3. The number of piperidine rings is 1. The minimum Gasteiger partial charge on any atom is -0.497 e. The molecule has 3 heteroatoms. The third-order valence-electron chi connectivity index (χ3n) is 4.33. The lowest BCUT2D eigenvalue weighted by molar-refractivity contribution is 0.311. The molecular formula is C15H22N2O. The topological polar surface area (TPSA) is 33.3 Å². The van der Waals surface area contributed by atoms with Crippen LogP contribution in [0.4, 0.5) is 5.69 Å². The van der Waals surface area contributed by atoms with Crippen LogP contribution in [0, 0.1) is 5.92 Å². The summed E-state index contributed by atoms with van der Waals surface area (Å²) in [5, 5.41) is 7.05. The molecule has 1 saturated heterocycles. The summed E-state index contributed by atoms with van der Waals surface area (Å²) in [5.41, 5.74) is 2.76. The minimum atomic E-state index is 0.684. The van der Waals surface area contributed by atoms with Crippen LogP contribution < -0.4 is 15.4 Å². The Kier molecular flexibility index (Phi) is 3.41. The fourth-order valence-corrected chi connectivity index (χ4v) is 3.37. The molecule has 18 heavy (non-hydrogen) atoms. The van der Waals surface area contributed by atoms with E-state index in [4.69, 9.17) is 4.74 Å². The van der Waals surface area contributed by atoms with Gasteiger partial charge in [0.2, 0.25) is 0 Å². The van der Waals surface area contributed by atoms with E-state index in [2.05, 4.69) is 22.8 Å². The van der Waals surface area contributed by atoms with Crippen LogP contribution in [0.2, 0.25) is 0 Å². The van der Waals surface area contributed by atoms with Crippen LogP contribution in [0.15, 0.2) is 18.2 Å². The number of benzene rings is 1. The van der Waals surface area contributed by atoms with Gasteiger partial charge in [0.15, 0.2) is 0 Å². The zero-order valence-corrected chi connectivity index (χ0v) is 11.0. The molecule has 2 heterocycles. The molecule has 0 bridgehead atoms. The summed E-state index contributed by atoms with van der Waals surface area (Å²) in [6.45, 7) is 3.45. The van der Waals surface area contributed by atoms with Gasteiger partial charge in [-0.15, -0.1) is 0 Å². The first-order valence-corrected chi connectivity index (χ1v) is 7.01. The third kappa shape index (κ3) is 2.19. The van der Waals surface area contributed by atoms with Gasteiger partial charge < -0.3 is 15.4 Å². The molecule has 1 aromatic carbocycles. The Morgan fingerprint density at radius 3 is 2.94 bits per heavy atom. The lowest BCUT2D eigenvalue weighted by Crippen LogP contribution is -2.35. The second kappa shape index (κ2) is 5.19. The number of hydrogen-bond acceptors (Lipinski definition) is 3. The molecule has 0 radical (unpaired) electrons. The van der Waals surface area contributed by atoms with Crippen molar-refractivity contribution in [3.8, 4) is 5.75 Å². The van der Waals surface area contributed by atoms with Gasteiger partial charge in [-0.05, 0) is 68.0 Å². The van der Waals surface area contributed by atoms with Crippen LogP contribution in [-0.2, 0) is 0 Å². The summed E-state index contributed by atoms with van der Waals surface area (Å²) in [6, 6.07) is 6.44. The molecule has 2 unspecified atom stereocenters. The first kappa shape index (κ1) is 11.8. The second-order valence-electron chi connectivity index (χ2n) is 5.38. The first-order valence-electron chi connectivity index (χ1n) is 7.01. The Bertz CT molecular complexity index is 413. The largest absolute Gasteiger partial charge is 0.497 e. The van der Waals surface area contributed by atoms with Crippen molar-refractivity contribution in [3.63, 3.8) is 0 Å². The number of ether oxygens (including phenoxy) is 1. The van der Waals surface area contributed by atoms with Crippen LogP contribution in [0.1, 0.15) is 30.7 Å². The highest BCUT2D eigenvalue weighted by atomic mass is 16.5. The summed E-state index contributed by atoms with van der Waals surface area (Å²) in [5.74, 6) is 2.45. The average molecular weight is 246 g/mol. The molecule has 1 fully saturated rings. The van der Waals surface area contributed by atoms with E-state index in [1.165, 1.54) is 43.6 Å². The molecule has 2 N–H and O–H groups in total. The van der Waals surface area contributed by atoms with Crippen LogP contribution in [0.25, 0.3) is 0 Å². The molecule has 0 spiro atoms. The maximum absolute atomic E-state index is 5.37. The molecule has 2 aliphatic heterocycles. The molecule has 2 aliphatic rings. The lowest BCUT2D eigenvalue weighted by atomic mass is 9.77. The predicted octanol–water partition coefficient (Wildman–Crippen LogP) is 2.59. The van der Waals surface area contributed by atoms with Crippen LogP contribution in [0.5, 0.6) is 5.75 Å². The van der Waals surface area contributed by atoms with Gasteiger partial charge in [-0.1, -0.05) is 0 Å². The summed E-state index contributed by atoms with van der Waals surface area (Å²) in [4.78, 5) is 0. The van der Waals surface area contributed by atoms with Gasteiger partial charge in [-0.2, -0.15) is 0 Å². The fraction of sp³-hybridized carbons (Fsp3) is 0.600. The SMILES string of the molecule is COc1ccc2c(c1)C(C1CCCNC1)CCN2. The Labute approximate surface area is 109 Å². The molecule has 3 rings (SSSR count). The number of anilines is 1. The van der Waals surface area contributed by atoms with Gasteiger partial charge in [0.1, 0.15) is 5.75 Å². The number of hydrogen-bond donors (Lipinski definition) is 2. The van der Waals surface area contributed by atoms with Crippen molar-refractivity contribution < 1.29 is 4.74 Å². The Morgan fingerprint density at radius 1 is 1.22 bits per heavy atom. The summed E-state index contributed by atoms with van der Waals surface area (Å²) in [7, 11) is 1.75. The Balaban J connectivity index is 1.89. The number of methoxy groups -OCH3 is 1. The fourth-order valence-electron chi connectivity index (χ4n) is 3.37. The maximum Gasteiger partial charge on any atom is 0.119 e. The van der Waals surface area contributed by atoms with Crippen molar-refractivity contribution in [3.05, 3.63) is 23.8 Å². The first-order chi connectivity index (χ1) is 8.88. The Morgan fingerprint density at radius 2 is 2.17 bits per heavy atom. The van der Waals surface area contributed by atoms with Crippen LogP contribution in [0.3, 0.4) is 0 Å².